The molecule has 0 unspecified atom stereocenters. The lowest BCUT2D eigenvalue weighted by molar-refractivity contribution is 0.0380. The summed E-state index contributed by atoms with van der Waals surface area (Å²) in [6, 6.07) is 0. The summed E-state index contributed by atoms with van der Waals surface area (Å²) in [5.41, 5.74) is 6.40. The zero-order chi connectivity index (χ0) is 13.1. The van der Waals surface area contributed by atoms with E-state index in [1.165, 1.54) is 39.0 Å². The van der Waals surface area contributed by atoms with Crippen molar-refractivity contribution < 1.29 is 0 Å². The van der Waals surface area contributed by atoms with Gasteiger partial charge in [0.2, 0.25) is 0 Å². The summed E-state index contributed by atoms with van der Waals surface area (Å²) >= 11 is 0. The highest BCUT2D eigenvalue weighted by Crippen LogP contribution is 2.22. The van der Waals surface area contributed by atoms with Crippen molar-refractivity contribution in [3.63, 3.8) is 0 Å². The van der Waals surface area contributed by atoms with Crippen LogP contribution in [0.4, 0.5) is 0 Å². The molecular formula is C14H31N3. The highest BCUT2D eigenvalue weighted by molar-refractivity contribution is 4.88. The molecular weight excluding hydrogens is 210 g/mol. The summed E-state index contributed by atoms with van der Waals surface area (Å²) in [6.07, 6.45) is 2.50. The molecule has 1 aliphatic heterocycles. The van der Waals surface area contributed by atoms with Crippen molar-refractivity contribution in [1.82, 2.24) is 9.80 Å². The molecule has 17 heavy (non-hydrogen) atoms. The minimum Gasteiger partial charge on any atom is -0.330 e. The van der Waals surface area contributed by atoms with E-state index >= 15 is 0 Å². The maximum Gasteiger partial charge on any atom is 0.0277 e. The van der Waals surface area contributed by atoms with E-state index < -0.39 is 0 Å². The third kappa shape index (κ3) is 4.57. The van der Waals surface area contributed by atoms with Crippen LogP contribution >= 0.6 is 0 Å². The van der Waals surface area contributed by atoms with Crippen LogP contribution in [0, 0.1) is 5.41 Å². The molecule has 0 spiro atoms. The van der Waals surface area contributed by atoms with Gasteiger partial charge in [-0.25, -0.2) is 0 Å². The molecule has 102 valence electrons. The first kappa shape index (κ1) is 14.9. The Hall–Kier alpha value is -0.120. The van der Waals surface area contributed by atoms with Crippen molar-refractivity contribution in [1.29, 1.82) is 0 Å². The van der Waals surface area contributed by atoms with Gasteiger partial charge in [-0.15, -0.1) is 0 Å². The van der Waals surface area contributed by atoms with Crippen LogP contribution in [0.1, 0.15) is 40.5 Å². The van der Waals surface area contributed by atoms with Gasteiger partial charge in [0.1, 0.15) is 0 Å². The normalized spacial score (nSPS) is 22.9. The van der Waals surface area contributed by atoms with Crippen molar-refractivity contribution in [2.24, 2.45) is 11.1 Å². The van der Waals surface area contributed by atoms with E-state index in [2.05, 4.69) is 44.5 Å². The molecule has 0 radical (unpaired) electrons. The Bertz CT molecular complexity index is 236. The second-order valence-corrected chi connectivity index (χ2v) is 6.98. The highest BCUT2D eigenvalue weighted by atomic mass is 15.3. The zero-order valence-electron chi connectivity index (χ0n) is 12.4. The molecule has 0 bridgehead atoms. The predicted octanol–water partition coefficient (Wildman–Crippen LogP) is 1.78. The van der Waals surface area contributed by atoms with Gasteiger partial charge in [-0.1, -0.05) is 13.8 Å². The molecule has 0 amide bonds. The molecule has 0 aromatic carbocycles. The number of rotatable bonds is 5. The van der Waals surface area contributed by atoms with Crippen LogP contribution in [0.15, 0.2) is 0 Å². The average Bonchev–Trinajstić information content (AvgIpc) is 2.23. The van der Waals surface area contributed by atoms with E-state index in [-0.39, 0.29) is 0 Å². The molecule has 0 atom stereocenters. The average molecular weight is 241 g/mol. The Morgan fingerprint density at radius 1 is 1.24 bits per heavy atom. The monoisotopic (exact) mass is 241 g/mol. The van der Waals surface area contributed by atoms with Crippen molar-refractivity contribution in [3.05, 3.63) is 0 Å². The van der Waals surface area contributed by atoms with Crippen molar-refractivity contribution in [2.45, 2.75) is 46.1 Å². The quantitative estimate of drug-likeness (QED) is 0.796. The van der Waals surface area contributed by atoms with E-state index in [4.69, 9.17) is 5.73 Å². The first-order chi connectivity index (χ1) is 7.77. The summed E-state index contributed by atoms with van der Waals surface area (Å²) < 4.78 is 0. The fraction of sp³-hybridized carbons (Fsp3) is 1.00. The number of piperazine rings is 1. The van der Waals surface area contributed by atoms with Crippen LogP contribution < -0.4 is 5.73 Å². The third-order valence-corrected chi connectivity index (χ3v) is 4.28. The smallest absolute Gasteiger partial charge is 0.0277 e. The van der Waals surface area contributed by atoms with E-state index in [1.807, 2.05) is 0 Å². The van der Waals surface area contributed by atoms with Crippen LogP contribution in [-0.4, -0.2) is 55.1 Å². The standard InChI is InChI=1S/C14H31N3/c1-13(2,11-15)7-6-8-17-10-9-16(5)14(3,4)12-17/h6-12,15H2,1-5H3. The number of hydrogen-bond donors (Lipinski definition) is 1. The maximum atomic E-state index is 5.77. The lowest BCUT2D eigenvalue weighted by Gasteiger charge is -2.45. The summed E-state index contributed by atoms with van der Waals surface area (Å²) in [5, 5.41) is 0. The molecule has 0 aliphatic carbocycles. The van der Waals surface area contributed by atoms with Gasteiger partial charge >= 0.3 is 0 Å². The summed E-state index contributed by atoms with van der Waals surface area (Å²) in [4.78, 5) is 5.07. The van der Waals surface area contributed by atoms with E-state index in [0.717, 1.165) is 6.54 Å². The van der Waals surface area contributed by atoms with Gasteiger partial charge in [0.05, 0.1) is 0 Å². The largest absolute Gasteiger partial charge is 0.330 e. The minimum absolute atomic E-state index is 0.308. The molecule has 1 saturated heterocycles. The Balaban J connectivity index is 2.30. The first-order valence-electron chi connectivity index (χ1n) is 6.90. The maximum absolute atomic E-state index is 5.77. The number of hydrogen-bond acceptors (Lipinski definition) is 3. The lowest BCUT2D eigenvalue weighted by Crippen LogP contribution is -2.57. The molecule has 1 fully saturated rings. The van der Waals surface area contributed by atoms with Crippen LogP contribution in [0.5, 0.6) is 0 Å². The van der Waals surface area contributed by atoms with Gasteiger partial charge in [0.25, 0.3) is 0 Å². The Morgan fingerprint density at radius 2 is 1.88 bits per heavy atom. The van der Waals surface area contributed by atoms with Crippen molar-refractivity contribution >= 4 is 0 Å². The summed E-state index contributed by atoms with van der Waals surface area (Å²) in [7, 11) is 2.23. The van der Waals surface area contributed by atoms with E-state index in [9.17, 15) is 0 Å². The summed E-state index contributed by atoms with van der Waals surface area (Å²) in [6.45, 7) is 14.8. The van der Waals surface area contributed by atoms with Crippen molar-refractivity contribution in [2.75, 3.05) is 39.8 Å². The Kier molecular flexibility index (Phi) is 4.99. The van der Waals surface area contributed by atoms with Crippen molar-refractivity contribution in [3.8, 4) is 0 Å². The SMILES string of the molecule is CN1CCN(CCCC(C)(C)CN)CC1(C)C. The second kappa shape index (κ2) is 5.68. The Morgan fingerprint density at radius 3 is 2.41 bits per heavy atom. The first-order valence-corrected chi connectivity index (χ1v) is 6.90. The molecule has 1 aliphatic rings. The lowest BCUT2D eigenvalue weighted by atomic mass is 9.88. The molecule has 0 aromatic rings. The second-order valence-electron chi connectivity index (χ2n) is 6.98. The van der Waals surface area contributed by atoms with Gasteiger partial charge in [0.15, 0.2) is 0 Å². The summed E-state index contributed by atoms with van der Waals surface area (Å²) in [5.74, 6) is 0. The van der Waals surface area contributed by atoms with E-state index in [0.29, 0.717) is 11.0 Å². The van der Waals surface area contributed by atoms with Gasteiger partial charge in [-0.3, -0.25) is 4.90 Å². The Labute approximate surface area is 107 Å². The van der Waals surface area contributed by atoms with Crippen LogP contribution in [0.3, 0.4) is 0 Å². The highest BCUT2D eigenvalue weighted by Gasteiger charge is 2.30. The fourth-order valence-corrected chi connectivity index (χ4v) is 2.42. The molecule has 3 nitrogen and oxygen atoms in total. The number of nitrogens with two attached hydrogens (primary N) is 1. The molecule has 1 rings (SSSR count). The van der Waals surface area contributed by atoms with Crippen LogP contribution in [0.2, 0.25) is 0 Å². The van der Waals surface area contributed by atoms with Gasteiger partial charge < -0.3 is 10.6 Å². The van der Waals surface area contributed by atoms with Gasteiger partial charge in [-0.05, 0) is 52.2 Å². The molecule has 3 heteroatoms. The molecule has 2 N–H and O–H groups in total. The topological polar surface area (TPSA) is 32.5 Å². The number of likely N-dealkylation sites (N-methyl/N-ethyl adjacent to an activating group) is 1. The van der Waals surface area contributed by atoms with Gasteiger partial charge in [-0.2, -0.15) is 0 Å². The fourth-order valence-electron chi connectivity index (χ4n) is 2.42. The predicted molar refractivity (Wildman–Crippen MR) is 75.2 cm³/mol. The van der Waals surface area contributed by atoms with Gasteiger partial charge in [0, 0.05) is 25.2 Å². The zero-order valence-corrected chi connectivity index (χ0v) is 12.4. The number of nitrogens with zero attached hydrogens (tertiary/aromatic N) is 2. The van der Waals surface area contributed by atoms with Crippen LogP contribution in [0.25, 0.3) is 0 Å². The molecule has 0 aromatic heterocycles. The third-order valence-electron chi connectivity index (χ3n) is 4.28. The van der Waals surface area contributed by atoms with E-state index in [1.54, 1.807) is 0 Å². The molecule has 0 saturated carbocycles. The van der Waals surface area contributed by atoms with Crippen LogP contribution in [-0.2, 0) is 0 Å². The molecule has 1 heterocycles. The minimum atomic E-state index is 0.308.